The molecule has 3 nitrogen and oxygen atoms in total. The van der Waals surface area contributed by atoms with E-state index in [2.05, 4.69) is 20.9 Å². The molecule has 3 rings (SSSR count). The fraction of sp³-hybridized carbons (Fsp3) is 0.0625. The van der Waals surface area contributed by atoms with Crippen LogP contribution in [0.3, 0.4) is 0 Å². The molecule has 2 N–H and O–H groups in total. The summed E-state index contributed by atoms with van der Waals surface area (Å²) in [6.07, 6.45) is -4.38. The summed E-state index contributed by atoms with van der Waals surface area (Å²) in [5.74, 6) is -1.08. The van der Waals surface area contributed by atoms with Crippen molar-refractivity contribution in [3.63, 3.8) is 0 Å². The van der Waals surface area contributed by atoms with Gasteiger partial charge in [0.25, 0.3) is 0 Å². The Balaban J connectivity index is 2.08. The first-order chi connectivity index (χ1) is 10.8. The molecule has 0 radical (unpaired) electrons. The normalized spacial score (nSPS) is 11.8. The summed E-state index contributed by atoms with van der Waals surface area (Å²) in [7, 11) is 0. The van der Waals surface area contributed by atoms with Crippen LogP contribution in [0.2, 0.25) is 0 Å². The molecule has 0 saturated heterocycles. The maximum atomic E-state index is 12.6. The molecule has 1 heterocycles. The standard InChI is InChI=1S/C16H9BrF3NO2/c17-12-5-9-6-14(15(22)23)21-13(9)7-11(12)8-1-3-10(4-2-8)16(18,19)20/h1-7,21H,(H,22,23). The van der Waals surface area contributed by atoms with Crippen LogP contribution in [0.25, 0.3) is 22.0 Å². The first-order valence-corrected chi connectivity index (χ1v) is 7.28. The fourth-order valence-corrected chi connectivity index (χ4v) is 2.92. The van der Waals surface area contributed by atoms with Crippen molar-refractivity contribution >= 4 is 32.8 Å². The van der Waals surface area contributed by atoms with Gasteiger partial charge in [0.1, 0.15) is 5.69 Å². The molecule has 0 aliphatic rings. The Morgan fingerprint density at radius 1 is 1.09 bits per heavy atom. The van der Waals surface area contributed by atoms with E-state index < -0.39 is 17.7 Å². The van der Waals surface area contributed by atoms with Crippen LogP contribution in [0.4, 0.5) is 13.2 Å². The second-order valence-corrected chi connectivity index (χ2v) is 5.84. The van der Waals surface area contributed by atoms with Gasteiger partial charge < -0.3 is 10.1 Å². The van der Waals surface area contributed by atoms with Crippen LogP contribution in [-0.4, -0.2) is 16.1 Å². The van der Waals surface area contributed by atoms with Crippen molar-refractivity contribution in [2.75, 3.05) is 0 Å². The number of hydrogen-bond acceptors (Lipinski definition) is 1. The maximum absolute atomic E-state index is 12.6. The minimum Gasteiger partial charge on any atom is -0.477 e. The lowest BCUT2D eigenvalue weighted by atomic mass is 10.0. The molecule has 118 valence electrons. The highest BCUT2D eigenvalue weighted by Gasteiger charge is 2.30. The summed E-state index contributed by atoms with van der Waals surface area (Å²) in [5.41, 5.74) is 1.20. The van der Waals surface area contributed by atoms with Crippen molar-refractivity contribution in [1.82, 2.24) is 4.98 Å². The number of benzene rings is 2. The second kappa shape index (κ2) is 5.42. The molecule has 0 atom stereocenters. The lowest BCUT2D eigenvalue weighted by Crippen LogP contribution is -2.04. The van der Waals surface area contributed by atoms with E-state index in [0.29, 0.717) is 26.5 Å². The average Bonchev–Trinajstić information content (AvgIpc) is 2.88. The number of aromatic amines is 1. The number of rotatable bonds is 2. The van der Waals surface area contributed by atoms with E-state index in [1.165, 1.54) is 18.2 Å². The van der Waals surface area contributed by atoms with Gasteiger partial charge in [-0.15, -0.1) is 0 Å². The third-order valence-corrected chi connectivity index (χ3v) is 4.12. The van der Waals surface area contributed by atoms with Gasteiger partial charge in [0.05, 0.1) is 5.56 Å². The summed E-state index contributed by atoms with van der Waals surface area (Å²) >= 11 is 3.37. The molecule has 0 bridgehead atoms. The number of carboxylic acids is 1. The van der Waals surface area contributed by atoms with E-state index in [0.717, 1.165) is 12.1 Å². The number of alkyl halides is 3. The minimum absolute atomic E-state index is 0.0523. The van der Waals surface area contributed by atoms with Gasteiger partial charge >= 0.3 is 12.1 Å². The topological polar surface area (TPSA) is 53.1 Å². The quantitative estimate of drug-likeness (QED) is 0.629. The number of nitrogens with one attached hydrogen (secondary N) is 1. The van der Waals surface area contributed by atoms with Gasteiger partial charge in [-0.1, -0.05) is 28.1 Å². The minimum atomic E-state index is -4.38. The molecule has 0 spiro atoms. The molecule has 1 aromatic heterocycles. The number of aromatic carboxylic acids is 1. The number of carbonyl (C=O) groups is 1. The van der Waals surface area contributed by atoms with Crippen LogP contribution < -0.4 is 0 Å². The van der Waals surface area contributed by atoms with Crippen molar-refractivity contribution in [2.45, 2.75) is 6.18 Å². The largest absolute Gasteiger partial charge is 0.477 e. The highest BCUT2D eigenvalue weighted by molar-refractivity contribution is 9.10. The Morgan fingerprint density at radius 3 is 2.30 bits per heavy atom. The number of aromatic nitrogens is 1. The molecular formula is C16H9BrF3NO2. The van der Waals surface area contributed by atoms with Gasteiger partial charge in [-0.05, 0) is 41.5 Å². The molecule has 0 unspecified atom stereocenters. The lowest BCUT2D eigenvalue weighted by molar-refractivity contribution is -0.137. The highest BCUT2D eigenvalue weighted by atomic mass is 79.9. The van der Waals surface area contributed by atoms with Crippen LogP contribution in [0.1, 0.15) is 16.1 Å². The van der Waals surface area contributed by atoms with Crippen LogP contribution in [0.15, 0.2) is 46.9 Å². The molecule has 0 aliphatic carbocycles. The predicted octanol–water partition coefficient (Wildman–Crippen LogP) is 5.31. The van der Waals surface area contributed by atoms with Crippen LogP contribution >= 0.6 is 15.9 Å². The molecule has 3 aromatic rings. The predicted molar refractivity (Wildman–Crippen MR) is 83.4 cm³/mol. The molecule has 7 heteroatoms. The maximum Gasteiger partial charge on any atom is 0.416 e. The van der Waals surface area contributed by atoms with E-state index in [1.54, 1.807) is 12.1 Å². The molecule has 0 saturated carbocycles. The van der Waals surface area contributed by atoms with E-state index in [9.17, 15) is 18.0 Å². The molecule has 0 amide bonds. The third-order valence-electron chi connectivity index (χ3n) is 3.46. The Morgan fingerprint density at radius 2 is 1.74 bits per heavy atom. The Labute approximate surface area is 136 Å². The van der Waals surface area contributed by atoms with E-state index in [-0.39, 0.29) is 5.69 Å². The lowest BCUT2D eigenvalue weighted by Gasteiger charge is -2.09. The Bertz CT molecular complexity index is 898. The summed E-state index contributed by atoms with van der Waals surface area (Å²) in [6, 6.07) is 9.73. The van der Waals surface area contributed by atoms with E-state index in [1.807, 2.05) is 0 Å². The van der Waals surface area contributed by atoms with Crippen molar-refractivity contribution in [3.8, 4) is 11.1 Å². The van der Waals surface area contributed by atoms with E-state index in [4.69, 9.17) is 5.11 Å². The second-order valence-electron chi connectivity index (χ2n) is 4.98. The SMILES string of the molecule is O=C(O)c1cc2cc(Br)c(-c3ccc(C(F)(F)F)cc3)cc2[nH]1. The Kier molecular flexibility index (Phi) is 3.68. The van der Waals surface area contributed by atoms with E-state index >= 15 is 0 Å². The summed E-state index contributed by atoms with van der Waals surface area (Å²) < 4.78 is 38.5. The molecule has 23 heavy (non-hydrogen) atoms. The fourth-order valence-electron chi connectivity index (χ4n) is 2.33. The smallest absolute Gasteiger partial charge is 0.416 e. The highest BCUT2D eigenvalue weighted by Crippen LogP contribution is 2.35. The number of hydrogen-bond donors (Lipinski definition) is 2. The molecule has 0 aliphatic heterocycles. The van der Waals surface area contributed by atoms with Gasteiger partial charge in [-0.2, -0.15) is 13.2 Å². The number of fused-ring (bicyclic) bond motifs is 1. The van der Waals surface area contributed by atoms with Gasteiger partial charge in [0.15, 0.2) is 0 Å². The Hall–Kier alpha value is -2.28. The van der Waals surface area contributed by atoms with Crippen LogP contribution in [-0.2, 0) is 6.18 Å². The number of halogens is 4. The van der Waals surface area contributed by atoms with Crippen LogP contribution in [0, 0.1) is 0 Å². The number of carboxylic acid groups (broad SMARTS) is 1. The third kappa shape index (κ3) is 2.96. The zero-order chi connectivity index (χ0) is 16.8. The molecular weight excluding hydrogens is 375 g/mol. The zero-order valence-electron chi connectivity index (χ0n) is 11.4. The summed E-state index contributed by atoms with van der Waals surface area (Å²) in [4.78, 5) is 13.8. The van der Waals surface area contributed by atoms with Crippen molar-refractivity contribution in [1.29, 1.82) is 0 Å². The zero-order valence-corrected chi connectivity index (χ0v) is 13.0. The van der Waals surface area contributed by atoms with Gasteiger partial charge in [0, 0.05) is 15.4 Å². The van der Waals surface area contributed by atoms with Gasteiger partial charge in [-0.3, -0.25) is 0 Å². The first-order valence-electron chi connectivity index (χ1n) is 6.49. The van der Waals surface area contributed by atoms with Crippen molar-refractivity contribution in [3.05, 3.63) is 58.2 Å². The molecule has 0 fully saturated rings. The summed E-state index contributed by atoms with van der Waals surface area (Å²) in [5, 5.41) is 9.70. The molecule has 2 aromatic carbocycles. The first kappa shape index (κ1) is 15.6. The van der Waals surface area contributed by atoms with Crippen LogP contribution in [0.5, 0.6) is 0 Å². The number of H-pyrrole nitrogens is 1. The van der Waals surface area contributed by atoms with Gasteiger partial charge in [-0.25, -0.2) is 4.79 Å². The van der Waals surface area contributed by atoms with Gasteiger partial charge in [0.2, 0.25) is 0 Å². The van der Waals surface area contributed by atoms with Crippen molar-refractivity contribution in [2.24, 2.45) is 0 Å². The summed E-state index contributed by atoms with van der Waals surface area (Å²) in [6.45, 7) is 0. The average molecular weight is 384 g/mol. The van der Waals surface area contributed by atoms with Crippen molar-refractivity contribution < 1.29 is 23.1 Å². The monoisotopic (exact) mass is 383 g/mol.